The monoisotopic (exact) mass is 276 g/mol. The van der Waals surface area contributed by atoms with Crippen LogP contribution in [-0.4, -0.2) is 5.24 Å². The first kappa shape index (κ1) is 13.8. The first-order valence-corrected chi connectivity index (χ1v) is 6.45. The average molecular weight is 277 g/mol. The summed E-state index contributed by atoms with van der Waals surface area (Å²) in [6.45, 7) is 1.97. The maximum atomic E-state index is 13.6. The van der Waals surface area contributed by atoms with Crippen molar-refractivity contribution in [3.8, 4) is 0 Å². The largest absolute Gasteiger partial charge is 0.281 e. The minimum Gasteiger partial charge on any atom is -0.281 e. The van der Waals surface area contributed by atoms with Gasteiger partial charge in [-0.15, -0.1) is 0 Å². The Hall–Kier alpha value is -1.67. The highest BCUT2D eigenvalue weighted by Gasteiger charge is 2.20. The summed E-state index contributed by atoms with van der Waals surface area (Å²) in [5.41, 5.74) is 2.42. The summed E-state index contributed by atoms with van der Waals surface area (Å²) in [7, 11) is 0. The maximum Gasteiger partial charge on any atom is 0.229 e. The fourth-order valence-electron chi connectivity index (χ4n) is 2.01. The quantitative estimate of drug-likeness (QED) is 0.764. The van der Waals surface area contributed by atoms with Gasteiger partial charge in [0.25, 0.3) is 0 Å². The van der Waals surface area contributed by atoms with E-state index in [1.807, 2.05) is 31.2 Å². The Morgan fingerprint density at radius 2 is 1.79 bits per heavy atom. The molecule has 1 unspecified atom stereocenters. The van der Waals surface area contributed by atoms with Crippen LogP contribution in [0.2, 0.25) is 0 Å². The van der Waals surface area contributed by atoms with E-state index < -0.39 is 11.2 Å². The van der Waals surface area contributed by atoms with Crippen molar-refractivity contribution in [2.24, 2.45) is 0 Å². The summed E-state index contributed by atoms with van der Waals surface area (Å²) >= 11 is 5.66. The van der Waals surface area contributed by atoms with Gasteiger partial charge in [0.15, 0.2) is 0 Å². The van der Waals surface area contributed by atoms with Crippen molar-refractivity contribution < 1.29 is 9.18 Å². The molecule has 3 heteroatoms. The van der Waals surface area contributed by atoms with Crippen LogP contribution in [0.15, 0.2) is 48.5 Å². The second-order valence-electron chi connectivity index (χ2n) is 4.56. The van der Waals surface area contributed by atoms with Gasteiger partial charge >= 0.3 is 0 Å². The molecule has 0 bridgehead atoms. The fraction of sp³-hybridized carbons (Fsp3) is 0.188. The topological polar surface area (TPSA) is 17.1 Å². The van der Waals surface area contributed by atoms with E-state index in [0.717, 1.165) is 11.1 Å². The number of halogens is 2. The van der Waals surface area contributed by atoms with Gasteiger partial charge in [-0.05, 0) is 42.1 Å². The molecule has 0 saturated heterocycles. The lowest BCUT2D eigenvalue weighted by molar-refractivity contribution is -0.113. The van der Waals surface area contributed by atoms with E-state index in [-0.39, 0.29) is 12.2 Å². The molecule has 0 spiro atoms. The zero-order valence-corrected chi connectivity index (χ0v) is 11.3. The molecule has 0 radical (unpaired) electrons. The van der Waals surface area contributed by atoms with Crippen LogP contribution >= 0.6 is 11.6 Å². The van der Waals surface area contributed by atoms with Crippen LogP contribution in [0.1, 0.15) is 22.6 Å². The highest BCUT2D eigenvalue weighted by molar-refractivity contribution is 6.64. The third-order valence-electron chi connectivity index (χ3n) is 3.14. The lowest BCUT2D eigenvalue weighted by atomic mass is 9.92. The van der Waals surface area contributed by atoms with Crippen LogP contribution in [0.5, 0.6) is 0 Å². The number of carbonyl (C=O) groups excluding carboxylic acids is 1. The van der Waals surface area contributed by atoms with Gasteiger partial charge in [0.1, 0.15) is 5.82 Å². The molecule has 0 N–H and O–H groups in total. The minimum absolute atomic E-state index is 0.276. The Kier molecular flexibility index (Phi) is 4.33. The molecule has 0 saturated carbocycles. The molecule has 0 aliphatic heterocycles. The van der Waals surface area contributed by atoms with Crippen LogP contribution in [0.4, 0.5) is 4.39 Å². The van der Waals surface area contributed by atoms with E-state index in [9.17, 15) is 9.18 Å². The third kappa shape index (κ3) is 3.42. The summed E-state index contributed by atoms with van der Waals surface area (Å²) in [6, 6.07) is 14.0. The predicted molar refractivity (Wildman–Crippen MR) is 74.9 cm³/mol. The highest BCUT2D eigenvalue weighted by Crippen LogP contribution is 2.25. The molecule has 0 aliphatic carbocycles. The zero-order valence-electron chi connectivity index (χ0n) is 10.6. The standard InChI is InChI=1S/C16H14ClFO/c1-11-6-8-12(9-7-11)14(16(17)19)10-13-4-2-3-5-15(13)18/h2-9,14H,10H2,1H3. The Labute approximate surface area is 117 Å². The Bertz CT molecular complexity index is 578. The van der Waals surface area contributed by atoms with E-state index in [1.165, 1.54) is 6.07 Å². The smallest absolute Gasteiger partial charge is 0.229 e. The molecule has 2 aromatic rings. The Balaban J connectivity index is 2.29. The number of carbonyl (C=O) groups is 1. The van der Waals surface area contributed by atoms with E-state index in [2.05, 4.69) is 0 Å². The Morgan fingerprint density at radius 1 is 1.16 bits per heavy atom. The van der Waals surface area contributed by atoms with Gasteiger partial charge in [-0.1, -0.05) is 48.0 Å². The molecule has 0 fully saturated rings. The molecule has 1 nitrogen and oxygen atoms in total. The number of rotatable bonds is 4. The first-order valence-electron chi connectivity index (χ1n) is 6.07. The van der Waals surface area contributed by atoms with Crippen LogP contribution in [0.3, 0.4) is 0 Å². The molecule has 1 atom stereocenters. The third-order valence-corrected chi connectivity index (χ3v) is 3.40. The molecule has 19 heavy (non-hydrogen) atoms. The zero-order chi connectivity index (χ0) is 13.8. The second kappa shape index (κ2) is 5.98. The fourth-order valence-corrected chi connectivity index (χ4v) is 2.21. The van der Waals surface area contributed by atoms with Crippen molar-refractivity contribution in [1.82, 2.24) is 0 Å². The van der Waals surface area contributed by atoms with Crippen LogP contribution in [-0.2, 0) is 11.2 Å². The molecule has 0 amide bonds. The van der Waals surface area contributed by atoms with Gasteiger partial charge in [-0.25, -0.2) is 4.39 Å². The van der Waals surface area contributed by atoms with Crippen molar-refractivity contribution in [3.05, 3.63) is 71.0 Å². The lowest BCUT2D eigenvalue weighted by Crippen LogP contribution is -2.11. The van der Waals surface area contributed by atoms with E-state index >= 15 is 0 Å². The van der Waals surface area contributed by atoms with Crippen molar-refractivity contribution in [3.63, 3.8) is 0 Å². The summed E-state index contributed by atoms with van der Waals surface area (Å²) < 4.78 is 13.6. The number of aryl methyl sites for hydroxylation is 1. The van der Waals surface area contributed by atoms with Gasteiger partial charge in [0, 0.05) is 0 Å². The predicted octanol–water partition coefficient (Wildman–Crippen LogP) is 4.23. The molecule has 2 aromatic carbocycles. The maximum absolute atomic E-state index is 13.6. The highest BCUT2D eigenvalue weighted by atomic mass is 35.5. The summed E-state index contributed by atoms with van der Waals surface area (Å²) in [4.78, 5) is 11.6. The SMILES string of the molecule is Cc1ccc(C(Cc2ccccc2F)C(=O)Cl)cc1. The van der Waals surface area contributed by atoms with Gasteiger partial charge in [0.2, 0.25) is 5.24 Å². The molecular weight excluding hydrogens is 263 g/mol. The number of benzene rings is 2. The van der Waals surface area contributed by atoms with Gasteiger partial charge in [-0.2, -0.15) is 0 Å². The van der Waals surface area contributed by atoms with E-state index in [1.54, 1.807) is 18.2 Å². The Morgan fingerprint density at radius 3 is 2.37 bits per heavy atom. The second-order valence-corrected chi connectivity index (χ2v) is 4.94. The van der Waals surface area contributed by atoms with E-state index in [0.29, 0.717) is 5.56 Å². The molecule has 98 valence electrons. The minimum atomic E-state index is -0.515. The number of hydrogen-bond donors (Lipinski definition) is 0. The summed E-state index contributed by atoms with van der Waals surface area (Å²) in [5.74, 6) is -0.823. The normalized spacial score (nSPS) is 12.2. The number of hydrogen-bond acceptors (Lipinski definition) is 1. The molecule has 0 heterocycles. The van der Waals surface area contributed by atoms with Gasteiger partial charge in [-0.3, -0.25) is 4.79 Å². The van der Waals surface area contributed by atoms with Crippen molar-refractivity contribution >= 4 is 16.8 Å². The van der Waals surface area contributed by atoms with Crippen molar-refractivity contribution in [2.45, 2.75) is 19.3 Å². The molecular formula is C16H14ClFO. The molecule has 2 rings (SSSR count). The summed E-state index contributed by atoms with van der Waals surface area (Å²) in [6.07, 6.45) is 0.276. The summed E-state index contributed by atoms with van der Waals surface area (Å²) in [5, 5.41) is -0.466. The van der Waals surface area contributed by atoms with E-state index in [4.69, 9.17) is 11.6 Å². The average Bonchev–Trinajstić information content (AvgIpc) is 2.39. The van der Waals surface area contributed by atoms with Crippen LogP contribution < -0.4 is 0 Å². The molecule has 0 aromatic heterocycles. The first-order chi connectivity index (χ1) is 9.08. The van der Waals surface area contributed by atoms with Gasteiger partial charge in [0.05, 0.1) is 5.92 Å². The van der Waals surface area contributed by atoms with Crippen molar-refractivity contribution in [1.29, 1.82) is 0 Å². The van der Waals surface area contributed by atoms with Crippen LogP contribution in [0, 0.1) is 12.7 Å². The molecule has 0 aliphatic rings. The van der Waals surface area contributed by atoms with Gasteiger partial charge < -0.3 is 0 Å². The van der Waals surface area contributed by atoms with Crippen molar-refractivity contribution in [2.75, 3.05) is 0 Å². The van der Waals surface area contributed by atoms with Crippen LogP contribution in [0.25, 0.3) is 0 Å². The lowest BCUT2D eigenvalue weighted by Gasteiger charge is -2.14.